The number of carbonyl (C=O) groups is 4. The molecule has 2 heterocycles. The average molecular weight is 716 g/mol. The first-order chi connectivity index (χ1) is 25.1. The SMILES string of the molecule is CC(C)(C)OC(=O)Nc1ccc(NC(=O)c2cc3ccccc3o2)cc1.CC(C)(C)OC(=O)Nc1ccc(NC(=O)c2nccc3ccccc23)cc1. The van der Waals surface area contributed by atoms with E-state index in [4.69, 9.17) is 13.9 Å². The molecule has 2 aromatic heterocycles. The van der Waals surface area contributed by atoms with Gasteiger partial charge in [-0.3, -0.25) is 25.2 Å². The van der Waals surface area contributed by atoms with Crippen LogP contribution in [0.3, 0.4) is 0 Å². The number of benzene rings is 4. The lowest BCUT2D eigenvalue weighted by Crippen LogP contribution is -2.27. The Hall–Kier alpha value is -6.69. The molecule has 0 aliphatic heterocycles. The standard InChI is InChI=1S/C21H21N3O3.C20H20N2O4/c1-21(2,3)27-20(26)24-16-10-8-15(9-11-16)23-19(25)18-17-7-5-4-6-14(17)12-13-22-18;1-20(2,3)26-19(24)22-15-10-8-14(9-11-15)21-18(23)17-12-13-6-4-5-7-16(13)25-17/h4-13H,1-3H3,(H,23,25)(H,24,26);4-12H,1-3H3,(H,21,23)(H,22,24). The third-order valence-corrected chi connectivity index (χ3v) is 7.11. The van der Waals surface area contributed by atoms with Crippen LogP contribution in [-0.4, -0.2) is 40.2 Å². The summed E-state index contributed by atoms with van der Waals surface area (Å²) in [6, 6.07) is 32.1. The van der Waals surface area contributed by atoms with Gasteiger partial charge in [0.05, 0.1) is 0 Å². The Morgan fingerprint density at radius 2 is 1.00 bits per heavy atom. The molecule has 0 spiro atoms. The molecule has 4 N–H and O–H groups in total. The largest absolute Gasteiger partial charge is 0.451 e. The summed E-state index contributed by atoms with van der Waals surface area (Å²) < 4.78 is 15.9. The summed E-state index contributed by atoms with van der Waals surface area (Å²) in [5, 5.41) is 13.5. The van der Waals surface area contributed by atoms with Gasteiger partial charge in [0.1, 0.15) is 22.5 Å². The molecule has 0 radical (unpaired) electrons. The quantitative estimate of drug-likeness (QED) is 0.133. The number of anilines is 4. The topological polar surface area (TPSA) is 161 Å². The Kier molecular flexibility index (Phi) is 11.4. The first-order valence-electron chi connectivity index (χ1n) is 16.8. The van der Waals surface area contributed by atoms with Crippen LogP contribution in [0.5, 0.6) is 0 Å². The molecule has 6 rings (SSSR count). The van der Waals surface area contributed by atoms with Gasteiger partial charge in [-0.25, -0.2) is 9.59 Å². The summed E-state index contributed by atoms with van der Waals surface area (Å²) in [5.74, 6) is -0.393. The van der Waals surface area contributed by atoms with Gasteiger partial charge >= 0.3 is 12.2 Å². The maximum atomic E-state index is 12.6. The second kappa shape index (κ2) is 16.1. The van der Waals surface area contributed by atoms with Crippen LogP contribution in [0.1, 0.15) is 62.6 Å². The number of carbonyl (C=O) groups excluding carboxylic acids is 4. The predicted octanol–water partition coefficient (Wildman–Crippen LogP) is 9.87. The van der Waals surface area contributed by atoms with Gasteiger partial charge in [-0.1, -0.05) is 42.5 Å². The van der Waals surface area contributed by atoms with Crippen molar-refractivity contribution in [3.05, 3.63) is 127 Å². The van der Waals surface area contributed by atoms with Gasteiger partial charge in [-0.15, -0.1) is 0 Å². The van der Waals surface area contributed by atoms with E-state index in [9.17, 15) is 19.2 Å². The van der Waals surface area contributed by atoms with Crippen molar-refractivity contribution < 1.29 is 33.1 Å². The summed E-state index contributed by atoms with van der Waals surface area (Å²) >= 11 is 0. The predicted molar refractivity (Wildman–Crippen MR) is 206 cm³/mol. The molecule has 0 atom stereocenters. The number of nitrogens with zero attached hydrogens (tertiary/aromatic N) is 1. The molecule has 4 aromatic carbocycles. The summed E-state index contributed by atoms with van der Waals surface area (Å²) in [4.78, 5) is 52.6. The minimum Gasteiger partial charge on any atom is -0.451 e. The minimum atomic E-state index is -0.566. The van der Waals surface area contributed by atoms with Crippen LogP contribution in [0.2, 0.25) is 0 Å². The summed E-state index contributed by atoms with van der Waals surface area (Å²) in [6.45, 7) is 10.8. The average Bonchev–Trinajstić information content (AvgIpc) is 3.53. The highest BCUT2D eigenvalue weighted by Gasteiger charge is 2.18. The van der Waals surface area contributed by atoms with Crippen LogP contribution in [0.4, 0.5) is 32.3 Å². The molecular weight excluding hydrogens is 674 g/mol. The molecule has 0 fully saturated rings. The third-order valence-electron chi connectivity index (χ3n) is 7.11. The minimum absolute atomic E-state index is 0.238. The number of hydrogen-bond donors (Lipinski definition) is 4. The third kappa shape index (κ3) is 11.1. The molecule has 4 amide bonds. The van der Waals surface area contributed by atoms with Crippen molar-refractivity contribution in [2.45, 2.75) is 52.7 Å². The fourth-order valence-corrected chi connectivity index (χ4v) is 4.89. The van der Waals surface area contributed by atoms with E-state index in [1.807, 2.05) is 54.6 Å². The Labute approximate surface area is 306 Å². The smallest absolute Gasteiger partial charge is 0.412 e. The van der Waals surface area contributed by atoms with E-state index in [2.05, 4.69) is 26.3 Å². The van der Waals surface area contributed by atoms with Crippen LogP contribution >= 0.6 is 0 Å². The number of pyridine rings is 1. The van der Waals surface area contributed by atoms with Gasteiger partial charge < -0.3 is 24.5 Å². The van der Waals surface area contributed by atoms with Gasteiger partial charge in [-0.2, -0.15) is 0 Å². The summed E-state index contributed by atoms with van der Waals surface area (Å²) in [7, 11) is 0. The first-order valence-corrected chi connectivity index (χ1v) is 16.8. The number of para-hydroxylation sites is 1. The number of ether oxygens (including phenoxy) is 2. The van der Waals surface area contributed by atoms with E-state index in [0.717, 1.165) is 16.2 Å². The van der Waals surface area contributed by atoms with Crippen molar-refractivity contribution in [1.29, 1.82) is 0 Å². The number of fused-ring (bicyclic) bond motifs is 2. The summed E-state index contributed by atoms with van der Waals surface area (Å²) in [5.41, 5.74) is 2.23. The maximum absolute atomic E-state index is 12.6. The van der Waals surface area contributed by atoms with Crippen LogP contribution in [0.15, 0.2) is 120 Å². The number of rotatable bonds is 6. The van der Waals surface area contributed by atoms with Gasteiger partial charge in [0.15, 0.2) is 5.76 Å². The van der Waals surface area contributed by atoms with E-state index in [1.54, 1.807) is 102 Å². The molecule has 12 heteroatoms. The zero-order valence-electron chi connectivity index (χ0n) is 30.3. The molecule has 53 heavy (non-hydrogen) atoms. The lowest BCUT2D eigenvalue weighted by Gasteiger charge is -2.19. The van der Waals surface area contributed by atoms with E-state index in [-0.39, 0.29) is 17.6 Å². The molecule has 0 aliphatic carbocycles. The normalized spacial score (nSPS) is 11.1. The summed E-state index contributed by atoms with van der Waals surface area (Å²) in [6.07, 6.45) is 0.557. The Morgan fingerprint density at radius 3 is 1.51 bits per heavy atom. The number of nitrogens with one attached hydrogen (secondary N) is 4. The number of amides is 4. The number of aromatic nitrogens is 1. The molecule has 272 valence electrons. The Morgan fingerprint density at radius 1 is 0.547 bits per heavy atom. The van der Waals surface area contributed by atoms with E-state index in [0.29, 0.717) is 34.0 Å². The highest BCUT2D eigenvalue weighted by atomic mass is 16.6. The van der Waals surface area contributed by atoms with Crippen LogP contribution < -0.4 is 21.3 Å². The highest BCUT2D eigenvalue weighted by molar-refractivity contribution is 6.11. The second-order valence-corrected chi connectivity index (χ2v) is 13.8. The zero-order chi connectivity index (χ0) is 38.2. The van der Waals surface area contributed by atoms with Crippen LogP contribution in [0.25, 0.3) is 21.7 Å². The molecule has 0 saturated carbocycles. The van der Waals surface area contributed by atoms with Crippen molar-refractivity contribution in [3.8, 4) is 0 Å². The molecule has 6 aromatic rings. The van der Waals surface area contributed by atoms with Crippen molar-refractivity contribution in [2.24, 2.45) is 0 Å². The molecular formula is C41H41N5O7. The van der Waals surface area contributed by atoms with Crippen molar-refractivity contribution in [1.82, 2.24) is 4.98 Å². The molecule has 0 bridgehead atoms. The van der Waals surface area contributed by atoms with Gasteiger partial charge in [-0.05, 0) is 114 Å². The maximum Gasteiger partial charge on any atom is 0.412 e. The van der Waals surface area contributed by atoms with Crippen molar-refractivity contribution in [2.75, 3.05) is 21.3 Å². The first kappa shape index (κ1) is 37.6. The molecule has 0 saturated heterocycles. The highest BCUT2D eigenvalue weighted by Crippen LogP contribution is 2.22. The van der Waals surface area contributed by atoms with E-state index in [1.165, 1.54) is 0 Å². The number of hydrogen-bond acceptors (Lipinski definition) is 8. The van der Waals surface area contributed by atoms with Gasteiger partial charge in [0, 0.05) is 39.7 Å². The van der Waals surface area contributed by atoms with E-state index >= 15 is 0 Å². The lowest BCUT2D eigenvalue weighted by atomic mass is 10.1. The monoisotopic (exact) mass is 715 g/mol. The molecule has 0 unspecified atom stereocenters. The van der Waals surface area contributed by atoms with Crippen molar-refractivity contribution >= 4 is 68.5 Å². The fraction of sp³-hybridized carbons (Fsp3) is 0.195. The van der Waals surface area contributed by atoms with Gasteiger partial charge in [0.25, 0.3) is 11.8 Å². The van der Waals surface area contributed by atoms with Gasteiger partial charge in [0.2, 0.25) is 0 Å². The van der Waals surface area contributed by atoms with Crippen LogP contribution in [-0.2, 0) is 9.47 Å². The Bertz CT molecular complexity index is 2190. The second-order valence-electron chi connectivity index (χ2n) is 13.8. The molecule has 0 aliphatic rings. The lowest BCUT2D eigenvalue weighted by molar-refractivity contribution is 0.0624. The van der Waals surface area contributed by atoms with Crippen molar-refractivity contribution in [3.63, 3.8) is 0 Å². The van der Waals surface area contributed by atoms with Crippen LogP contribution in [0, 0.1) is 0 Å². The zero-order valence-corrected chi connectivity index (χ0v) is 30.3. The molecule has 12 nitrogen and oxygen atoms in total. The number of furan rings is 1. The van der Waals surface area contributed by atoms with E-state index < -0.39 is 23.4 Å². The fourth-order valence-electron chi connectivity index (χ4n) is 4.89. The Balaban J connectivity index is 0.000000204.